The second-order valence-corrected chi connectivity index (χ2v) is 10.6. The molecule has 0 aromatic heterocycles. The predicted octanol–water partition coefficient (Wildman–Crippen LogP) is 4.81. The van der Waals surface area contributed by atoms with E-state index < -0.39 is 0 Å². The third-order valence-corrected chi connectivity index (χ3v) is 7.88. The van der Waals surface area contributed by atoms with Crippen LogP contribution in [0.15, 0.2) is 58.3 Å². The molecule has 0 bridgehead atoms. The van der Waals surface area contributed by atoms with Gasteiger partial charge in [0.25, 0.3) is 11.8 Å². The van der Waals surface area contributed by atoms with Crippen LogP contribution in [-0.2, 0) is 9.59 Å². The second kappa shape index (κ2) is 10.7. The first kappa shape index (κ1) is 24.5. The Balaban J connectivity index is 1.41. The highest BCUT2D eigenvalue weighted by Crippen LogP contribution is 2.35. The third kappa shape index (κ3) is 5.35. The van der Waals surface area contributed by atoms with Crippen LogP contribution in [0.2, 0.25) is 0 Å². The molecule has 2 fully saturated rings. The van der Waals surface area contributed by atoms with Gasteiger partial charge in [-0.15, -0.1) is 0 Å². The lowest BCUT2D eigenvalue weighted by Gasteiger charge is -2.19. The summed E-state index contributed by atoms with van der Waals surface area (Å²) in [6.07, 6.45) is 3.60. The van der Waals surface area contributed by atoms with E-state index in [1.807, 2.05) is 48.5 Å². The lowest BCUT2D eigenvalue weighted by molar-refractivity contribution is -0.125. The van der Waals surface area contributed by atoms with E-state index in [1.165, 1.54) is 33.3 Å². The second-order valence-electron chi connectivity index (χ2n) is 7.21. The highest BCUT2D eigenvalue weighted by atomic mass is 32.2. The molecule has 0 saturated carbocycles. The van der Waals surface area contributed by atoms with Crippen molar-refractivity contribution < 1.29 is 19.1 Å². The summed E-state index contributed by atoms with van der Waals surface area (Å²) in [6.45, 7) is 0.541. The minimum absolute atomic E-state index is 0.176. The molecule has 4 rings (SSSR count). The largest absolute Gasteiger partial charge is 0.497 e. The van der Waals surface area contributed by atoms with Crippen molar-refractivity contribution in [3.05, 3.63) is 69.5 Å². The normalized spacial score (nSPS) is 18.5. The molecule has 2 aliphatic rings. The van der Waals surface area contributed by atoms with E-state index in [4.69, 9.17) is 33.9 Å². The zero-order valence-electron chi connectivity index (χ0n) is 18.3. The topological polar surface area (TPSA) is 59.1 Å². The SMILES string of the molecule is COc1ccc(C=C2SC(=S)N(CCN3C(=O)C(=Cc4ccc(OC)cc4)SC3=S)C2=O)cc1. The van der Waals surface area contributed by atoms with Gasteiger partial charge in [-0.25, -0.2) is 0 Å². The van der Waals surface area contributed by atoms with E-state index in [9.17, 15) is 9.59 Å². The zero-order valence-corrected chi connectivity index (χ0v) is 21.6. The number of rotatable bonds is 7. The molecule has 34 heavy (non-hydrogen) atoms. The van der Waals surface area contributed by atoms with Gasteiger partial charge < -0.3 is 9.47 Å². The summed E-state index contributed by atoms with van der Waals surface area (Å²) in [6, 6.07) is 14.8. The molecular formula is C24H20N2O4S4. The molecule has 0 aliphatic carbocycles. The van der Waals surface area contributed by atoms with Crippen molar-refractivity contribution in [1.29, 1.82) is 0 Å². The van der Waals surface area contributed by atoms with Crippen molar-refractivity contribution in [2.75, 3.05) is 27.3 Å². The van der Waals surface area contributed by atoms with Crippen molar-refractivity contribution >= 4 is 80.6 Å². The van der Waals surface area contributed by atoms with Gasteiger partial charge in [-0.2, -0.15) is 0 Å². The van der Waals surface area contributed by atoms with Crippen LogP contribution < -0.4 is 9.47 Å². The van der Waals surface area contributed by atoms with Gasteiger partial charge in [0, 0.05) is 13.1 Å². The van der Waals surface area contributed by atoms with Gasteiger partial charge in [0.15, 0.2) is 0 Å². The van der Waals surface area contributed by atoms with Crippen LogP contribution in [0.3, 0.4) is 0 Å². The zero-order chi connectivity index (χ0) is 24.2. The Morgan fingerprint density at radius 1 is 0.706 bits per heavy atom. The highest BCUT2D eigenvalue weighted by Gasteiger charge is 2.36. The van der Waals surface area contributed by atoms with Gasteiger partial charge in [-0.1, -0.05) is 72.2 Å². The van der Waals surface area contributed by atoms with Crippen molar-refractivity contribution in [1.82, 2.24) is 9.80 Å². The average molecular weight is 529 g/mol. The number of thioether (sulfide) groups is 2. The van der Waals surface area contributed by atoms with Crippen LogP contribution in [-0.4, -0.2) is 57.6 Å². The van der Waals surface area contributed by atoms with Gasteiger partial charge in [0.2, 0.25) is 0 Å². The van der Waals surface area contributed by atoms with Crippen molar-refractivity contribution in [3.8, 4) is 11.5 Å². The number of thiocarbonyl (C=S) groups is 2. The summed E-state index contributed by atoms with van der Waals surface area (Å²) in [4.78, 5) is 30.0. The third-order valence-electron chi connectivity index (χ3n) is 5.12. The van der Waals surface area contributed by atoms with Crippen LogP contribution in [0.25, 0.3) is 12.2 Å². The fourth-order valence-electron chi connectivity index (χ4n) is 3.29. The standard InChI is InChI=1S/C24H20N2O4S4/c1-29-17-7-3-15(4-8-17)13-19-21(27)25(23(31)33-19)11-12-26-22(28)20(34-24(26)32)14-16-5-9-18(30-2)10-6-16/h3-10,13-14H,11-12H2,1-2H3. The smallest absolute Gasteiger partial charge is 0.266 e. The molecule has 2 heterocycles. The first-order valence-electron chi connectivity index (χ1n) is 10.2. The molecule has 0 radical (unpaired) electrons. The summed E-state index contributed by atoms with van der Waals surface area (Å²) in [5, 5.41) is 0. The Labute approximate surface area is 217 Å². The quantitative estimate of drug-likeness (QED) is 0.375. The molecule has 2 saturated heterocycles. The molecule has 10 heteroatoms. The molecule has 0 unspecified atom stereocenters. The Morgan fingerprint density at radius 3 is 1.38 bits per heavy atom. The van der Waals surface area contributed by atoms with Gasteiger partial charge in [-0.3, -0.25) is 19.4 Å². The number of nitrogens with zero attached hydrogens (tertiary/aromatic N) is 2. The van der Waals surface area contributed by atoms with Gasteiger partial charge >= 0.3 is 0 Å². The number of ether oxygens (including phenoxy) is 2. The number of hydrogen-bond acceptors (Lipinski definition) is 8. The number of hydrogen-bond donors (Lipinski definition) is 0. The fourth-order valence-corrected chi connectivity index (χ4v) is 5.91. The highest BCUT2D eigenvalue weighted by molar-refractivity contribution is 8.27. The van der Waals surface area contributed by atoms with Crippen LogP contribution in [0.5, 0.6) is 11.5 Å². The van der Waals surface area contributed by atoms with Gasteiger partial charge in [0.05, 0.1) is 24.0 Å². The first-order chi connectivity index (χ1) is 16.4. The summed E-state index contributed by atoms with van der Waals surface area (Å²) in [5.74, 6) is 1.14. The predicted molar refractivity (Wildman–Crippen MR) is 146 cm³/mol. The number of amides is 2. The van der Waals surface area contributed by atoms with Gasteiger partial charge in [0.1, 0.15) is 20.1 Å². The Bertz CT molecular complexity index is 1110. The summed E-state index contributed by atoms with van der Waals surface area (Å²) in [7, 11) is 3.21. The summed E-state index contributed by atoms with van der Waals surface area (Å²) in [5.41, 5.74) is 1.75. The van der Waals surface area contributed by atoms with Crippen molar-refractivity contribution in [3.63, 3.8) is 0 Å². The maximum atomic E-state index is 12.9. The number of carbonyl (C=O) groups is 2. The van der Waals surface area contributed by atoms with E-state index in [-0.39, 0.29) is 24.9 Å². The minimum atomic E-state index is -0.176. The monoisotopic (exact) mass is 528 g/mol. The number of methoxy groups -OCH3 is 2. The lowest BCUT2D eigenvalue weighted by atomic mass is 10.2. The molecule has 2 aliphatic heterocycles. The van der Waals surface area contributed by atoms with E-state index >= 15 is 0 Å². The number of carbonyl (C=O) groups excluding carboxylic acids is 2. The molecular weight excluding hydrogens is 509 g/mol. The number of benzene rings is 2. The summed E-state index contributed by atoms with van der Waals surface area (Å²) >= 11 is 13.3. The van der Waals surface area contributed by atoms with Crippen molar-refractivity contribution in [2.45, 2.75) is 0 Å². The van der Waals surface area contributed by atoms with E-state index in [2.05, 4.69) is 0 Å². The Morgan fingerprint density at radius 2 is 1.06 bits per heavy atom. The Hall–Kier alpha value is -2.66. The molecule has 2 aromatic carbocycles. The molecule has 2 aromatic rings. The molecule has 174 valence electrons. The average Bonchev–Trinajstić information content (AvgIpc) is 3.26. The van der Waals surface area contributed by atoms with Crippen LogP contribution in [0.1, 0.15) is 11.1 Å². The van der Waals surface area contributed by atoms with Crippen LogP contribution in [0, 0.1) is 0 Å². The first-order valence-corrected chi connectivity index (χ1v) is 12.6. The van der Waals surface area contributed by atoms with Crippen molar-refractivity contribution in [2.24, 2.45) is 0 Å². The van der Waals surface area contributed by atoms with E-state index in [0.717, 1.165) is 22.6 Å². The fraction of sp³-hybridized carbons (Fsp3) is 0.167. The molecule has 0 spiro atoms. The van der Waals surface area contributed by atoms with E-state index in [1.54, 1.807) is 26.4 Å². The minimum Gasteiger partial charge on any atom is -0.497 e. The molecule has 6 nitrogen and oxygen atoms in total. The molecule has 0 N–H and O–H groups in total. The molecule has 0 atom stereocenters. The Kier molecular flexibility index (Phi) is 7.72. The van der Waals surface area contributed by atoms with E-state index in [0.29, 0.717) is 18.5 Å². The molecule has 2 amide bonds. The maximum absolute atomic E-state index is 12.9. The van der Waals surface area contributed by atoms with Crippen LogP contribution in [0.4, 0.5) is 0 Å². The maximum Gasteiger partial charge on any atom is 0.266 e. The lowest BCUT2D eigenvalue weighted by Crippen LogP contribution is -2.39. The summed E-state index contributed by atoms with van der Waals surface area (Å²) < 4.78 is 11.3. The van der Waals surface area contributed by atoms with Crippen LogP contribution >= 0.6 is 48.0 Å². The van der Waals surface area contributed by atoms with Gasteiger partial charge in [-0.05, 0) is 47.5 Å².